The van der Waals surface area contributed by atoms with Crippen LogP contribution in [0, 0.1) is 5.82 Å². The molecule has 0 aliphatic carbocycles. The van der Waals surface area contributed by atoms with E-state index in [1.807, 2.05) is 0 Å². The Balaban J connectivity index is 2.05. The molecule has 0 bridgehead atoms. The van der Waals surface area contributed by atoms with E-state index in [1.54, 1.807) is 47.9 Å². The van der Waals surface area contributed by atoms with Gasteiger partial charge in [-0.3, -0.25) is 9.69 Å². The molecule has 2 rings (SSSR count). The van der Waals surface area contributed by atoms with E-state index in [9.17, 15) is 14.0 Å². The van der Waals surface area contributed by atoms with E-state index in [4.69, 9.17) is 4.74 Å². The topological polar surface area (TPSA) is 53.1 Å². The van der Waals surface area contributed by atoms with Crippen molar-refractivity contribution in [2.45, 2.75) is 13.0 Å². The second kappa shape index (κ2) is 8.10. The van der Waals surface area contributed by atoms with Gasteiger partial charge < -0.3 is 14.5 Å². The summed E-state index contributed by atoms with van der Waals surface area (Å²) in [5.41, 5.74) is 0.623. The van der Waals surface area contributed by atoms with Gasteiger partial charge in [0.1, 0.15) is 11.9 Å². The lowest BCUT2D eigenvalue weighted by Gasteiger charge is -2.37. The zero-order chi connectivity index (χ0) is 17.7. The molecule has 1 aromatic rings. The molecule has 1 aromatic carbocycles. The number of halogens is 1. The van der Waals surface area contributed by atoms with Crippen LogP contribution in [0.2, 0.25) is 0 Å². The van der Waals surface area contributed by atoms with Crippen molar-refractivity contribution < 1.29 is 18.7 Å². The number of hydrogen-bond acceptors (Lipinski definition) is 4. The Bertz CT molecular complexity index is 586. The molecule has 1 atom stereocenters. The quantitative estimate of drug-likeness (QED) is 0.840. The summed E-state index contributed by atoms with van der Waals surface area (Å²) in [6.07, 6.45) is -0.348. The Morgan fingerprint density at radius 2 is 1.83 bits per heavy atom. The average molecular weight is 337 g/mol. The van der Waals surface area contributed by atoms with E-state index in [2.05, 4.69) is 0 Å². The molecule has 0 unspecified atom stereocenters. The van der Waals surface area contributed by atoms with Gasteiger partial charge in [0.05, 0.1) is 6.61 Å². The Morgan fingerprint density at radius 3 is 2.38 bits per heavy atom. The van der Waals surface area contributed by atoms with Crippen LogP contribution in [-0.4, -0.2) is 73.6 Å². The van der Waals surface area contributed by atoms with Crippen LogP contribution in [0.3, 0.4) is 0 Å². The number of carbonyl (C=O) groups excluding carboxylic acids is 2. The molecule has 0 N–H and O–H groups in total. The number of nitrogens with zero attached hydrogens (tertiary/aromatic N) is 3. The van der Waals surface area contributed by atoms with E-state index >= 15 is 0 Å². The Labute approximate surface area is 141 Å². The molecule has 0 saturated carbocycles. The molecule has 7 heteroatoms. The van der Waals surface area contributed by atoms with Crippen molar-refractivity contribution in [3.63, 3.8) is 0 Å². The van der Waals surface area contributed by atoms with Crippen LogP contribution in [0.5, 0.6) is 0 Å². The van der Waals surface area contributed by atoms with Crippen LogP contribution >= 0.6 is 0 Å². The van der Waals surface area contributed by atoms with Gasteiger partial charge in [0, 0.05) is 26.2 Å². The Morgan fingerprint density at radius 1 is 1.21 bits per heavy atom. The summed E-state index contributed by atoms with van der Waals surface area (Å²) in [5.74, 6) is -0.451. The third-order valence-electron chi connectivity index (χ3n) is 4.03. The lowest BCUT2D eigenvalue weighted by molar-refractivity contribution is -0.138. The van der Waals surface area contributed by atoms with Gasteiger partial charge in [-0.15, -0.1) is 0 Å². The minimum atomic E-state index is -0.546. The molecule has 6 nitrogen and oxygen atoms in total. The summed E-state index contributed by atoms with van der Waals surface area (Å²) in [6.45, 7) is 3.86. The number of piperazine rings is 1. The third kappa shape index (κ3) is 4.23. The van der Waals surface area contributed by atoms with Crippen LogP contribution in [0.15, 0.2) is 24.3 Å². The number of ether oxygens (including phenoxy) is 1. The van der Waals surface area contributed by atoms with Gasteiger partial charge in [-0.25, -0.2) is 9.18 Å². The van der Waals surface area contributed by atoms with Gasteiger partial charge in [0.25, 0.3) is 0 Å². The molecule has 0 spiro atoms. The predicted molar refractivity (Wildman–Crippen MR) is 88.0 cm³/mol. The van der Waals surface area contributed by atoms with Crippen LogP contribution in [0.4, 0.5) is 9.18 Å². The number of likely N-dealkylation sites (N-methyl/N-ethyl adjacent to an activating group) is 1. The van der Waals surface area contributed by atoms with Crippen molar-refractivity contribution in [3.8, 4) is 0 Å². The maximum Gasteiger partial charge on any atom is 0.409 e. The monoisotopic (exact) mass is 337 g/mol. The fourth-order valence-electron chi connectivity index (χ4n) is 2.84. The van der Waals surface area contributed by atoms with E-state index in [0.29, 0.717) is 38.3 Å². The van der Waals surface area contributed by atoms with Gasteiger partial charge in [-0.05, 0) is 38.7 Å². The van der Waals surface area contributed by atoms with Gasteiger partial charge in [-0.2, -0.15) is 0 Å². The maximum absolute atomic E-state index is 13.5. The molecule has 1 saturated heterocycles. The first-order chi connectivity index (χ1) is 11.4. The van der Waals surface area contributed by atoms with Crippen LogP contribution in [0.25, 0.3) is 0 Å². The minimum absolute atomic E-state index is 0.0888. The number of carbonyl (C=O) groups is 2. The summed E-state index contributed by atoms with van der Waals surface area (Å²) in [5, 5.41) is 0. The van der Waals surface area contributed by atoms with Crippen LogP contribution < -0.4 is 0 Å². The maximum atomic E-state index is 13.5. The normalized spacial score (nSPS) is 16.2. The highest BCUT2D eigenvalue weighted by molar-refractivity contribution is 5.83. The smallest absolute Gasteiger partial charge is 0.409 e. The van der Waals surface area contributed by atoms with Crippen molar-refractivity contribution in [2.75, 3.05) is 46.9 Å². The molecular weight excluding hydrogens is 313 g/mol. The first kappa shape index (κ1) is 18.2. The molecule has 1 aliphatic heterocycles. The lowest BCUT2D eigenvalue weighted by Crippen LogP contribution is -2.53. The fraction of sp³-hybridized carbons (Fsp3) is 0.529. The first-order valence-corrected chi connectivity index (χ1v) is 8.06. The summed E-state index contributed by atoms with van der Waals surface area (Å²) in [7, 11) is 3.59. The van der Waals surface area contributed by atoms with E-state index < -0.39 is 6.04 Å². The average Bonchev–Trinajstić information content (AvgIpc) is 2.55. The summed E-state index contributed by atoms with van der Waals surface area (Å²) in [4.78, 5) is 29.7. The number of benzene rings is 1. The molecule has 2 amide bonds. The van der Waals surface area contributed by atoms with Gasteiger partial charge in [0.15, 0.2) is 0 Å². The highest BCUT2D eigenvalue weighted by atomic mass is 19.1. The van der Waals surface area contributed by atoms with Gasteiger partial charge >= 0.3 is 6.09 Å². The fourth-order valence-corrected chi connectivity index (χ4v) is 2.84. The van der Waals surface area contributed by atoms with Crippen molar-refractivity contribution in [2.24, 2.45) is 0 Å². The van der Waals surface area contributed by atoms with Gasteiger partial charge in [-0.1, -0.05) is 12.1 Å². The molecule has 24 heavy (non-hydrogen) atoms. The van der Waals surface area contributed by atoms with E-state index in [0.717, 1.165) is 0 Å². The second-order valence-corrected chi connectivity index (χ2v) is 5.93. The third-order valence-corrected chi connectivity index (χ3v) is 4.03. The van der Waals surface area contributed by atoms with E-state index in [1.165, 1.54) is 12.1 Å². The van der Waals surface area contributed by atoms with Crippen molar-refractivity contribution in [1.29, 1.82) is 0 Å². The molecule has 1 heterocycles. The van der Waals surface area contributed by atoms with Crippen LogP contribution in [0.1, 0.15) is 18.5 Å². The highest BCUT2D eigenvalue weighted by Gasteiger charge is 2.31. The Hall–Kier alpha value is -2.15. The Kier molecular flexibility index (Phi) is 6.14. The van der Waals surface area contributed by atoms with Gasteiger partial charge in [0.2, 0.25) is 5.91 Å². The second-order valence-electron chi connectivity index (χ2n) is 5.93. The minimum Gasteiger partial charge on any atom is -0.450 e. The van der Waals surface area contributed by atoms with E-state index in [-0.39, 0.29) is 17.8 Å². The molecule has 132 valence electrons. The molecule has 1 fully saturated rings. The zero-order valence-corrected chi connectivity index (χ0v) is 14.4. The molecule has 1 aliphatic rings. The molecule has 0 aromatic heterocycles. The molecule has 0 radical (unpaired) electrons. The summed E-state index contributed by atoms with van der Waals surface area (Å²) in [6, 6.07) is 5.55. The highest BCUT2D eigenvalue weighted by Crippen LogP contribution is 2.22. The molecular formula is C17H24FN3O3. The standard InChI is InChI=1S/C17H24FN3O3/c1-4-24-17(23)21-10-8-20(9-11-21)16(22)15(19(2)3)13-6-5-7-14(18)12-13/h5-7,12,15H,4,8-11H2,1-3H3/t15-/m1/s1. The van der Waals surface area contributed by atoms with Crippen molar-refractivity contribution in [1.82, 2.24) is 14.7 Å². The number of rotatable bonds is 4. The first-order valence-electron chi connectivity index (χ1n) is 8.06. The SMILES string of the molecule is CCOC(=O)N1CCN(C(=O)[C@@H](c2cccc(F)c2)N(C)C)CC1. The van der Waals surface area contributed by atoms with Crippen molar-refractivity contribution >= 4 is 12.0 Å². The number of hydrogen-bond donors (Lipinski definition) is 0. The van der Waals surface area contributed by atoms with Crippen LogP contribution in [-0.2, 0) is 9.53 Å². The predicted octanol–water partition coefficient (Wildman–Crippen LogP) is 1.73. The summed E-state index contributed by atoms with van der Waals surface area (Å²) >= 11 is 0. The van der Waals surface area contributed by atoms with Crippen molar-refractivity contribution in [3.05, 3.63) is 35.6 Å². The zero-order valence-electron chi connectivity index (χ0n) is 14.4. The lowest BCUT2D eigenvalue weighted by atomic mass is 10.0. The number of amides is 2. The largest absolute Gasteiger partial charge is 0.450 e. The summed E-state index contributed by atoms with van der Waals surface area (Å²) < 4.78 is 18.5.